The van der Waals surface area contributed by atoms with Crippen molar-refractivity contribution >= 4 is 11.3 Å². The summed E-state index contributed by atoms with van der Waals surface area (Å²) >= 11 is 1.58. The zero-order valence-electron chi connectivity index (χ0n) is 7.84. The van der Waals surface area contributed by atoms with Gasteiger partial charge in [-0.3, -0.25) is 0 Å². The normalized spacial score (nSPS) is 13.5. The fourth-order valence-corrected chi connectivity index (χ4v) is 1.88. The third-order valence-corrected chi connectivity index (χ3v) is 2.92. The highest BCUT2D eigenvalue weighted by Crippen LogP contribution is 2.14. The Kier molecular flexibility index (Phi) is 4.44. The quantitative estimate of drug-likeness (QED) is 0.794. The smallest absolute Gasteiger partial charge is 0.265 e. The molecule has 0 aliphatic rings. The SMILES string of the molecule is Cc1ccsc1CNCC(O)C(F)F. The molecule has 2 nitrogen and oxygen atoms in total. The fraction of sp³-hybridized carbons (Fsp3) is 0.556. The molecule has 80 valence electrons. The topological polar surface area (TPSA) is 32.3 Å². The summed E-state index contributed by atoms with van der Waals surface area (Å²) in [7, 11) is 0. The molecule has 5 heteroatoms. The van der Waals surface area contributed by atoms with Gasteiger partial charge in [0.25, 0.3) is 6.43 Å². The lowest BCUT2D eigenvalue weighted by Crippen LogP contribution is -2.31. The van der Waals surface area contributed by atoms with Crippen molar-refractivity contribution in [3.63, 3.8) is 0 Å². The Morgan fingerprint density at radius 2 is 2.29 bits per heavy atom. The molecule has 1 atom stereocenters. The molecule has 0 spiro atoms. The first kappa shape index (κ1) is 11.6. The summed E-state index contributed by atoms with van der Waals surface area (Å²) in [4.78, 5) is 1.12. The number of halogens is 2. The van der Waals surface area contributed by atoms with Crippen molar-refractivity contribution in [3.8, 4) is 0 Å². The minimum atomic E-state index is -2.67. The third-order valence-electron chi connectivity index (χ3n) is 1.90. The molecule has 0 saturated heterocycles. The predicted octanol–water partition coefficient (Wildman–Crippen LogP) is 1.77. The molecular formula is C9H13F2NOS. The van der Waals surface area contributed by atoms with E-state index in [4.69, 9.17) is 5.11 Å². The second-order valence-corrected chi connectivity index (χ2v) is 4.06. The van der Waals surface area contributed by atoms with E-state index in [1.807, 2.05) is 18.4 Å². The summed E-state index contributed by atoms with van der Waals surface area (Å²) in [5.74, 6) is 0. The van der Waals surface area contributed by atoms with Gasteiger partial charge in [0, 0.05) is 18.0 Å². The average Bonchev–Trinajstić information content (AvgIpc) is 2.51. The van der Waals surface area contributed by atoms with Crippen molar-refractivity contribution in [2.75, 3.05) is 6.54 Å². The molecule has 0 bridgehead atoms. The highest BCUT2D eigenvalue weighted by molar-refractivity contribution is 7.10. The molecular weight excluding hydrogens is 208 g/mol. The van der Waals surface area contributed by atoms with Gasteiger partial charge in [-0.1, -0.05) is 0 Å². The molecule has 0 aliphatic carbocycles. The van der Waals surface area contributed by atoms with Crippen LogP contribution >= 0.6 is 11.3 Å². The first-order valence-electron chi connectivity index (χ1n) is 4.31. The van der Waals surface area contributed by atoms with Crippen molar-refractivity contribution in [3.05, 3.63) is 21.9 Å². The maximum absolute atomic E-state index is 11.9. The number of hydrogen-bond acceptors (Lipinski definition) is 3. The van der Waals surface area contributed by atoms with E-state index >= 15 is 0 Å². The van der Waals surface area contributed by atoms with E-state index < -0.39 is 12.5 Å². The van der Waals surface area contributed by atoms with E-state index in [1.165, 1.54) is 0 Å². The number of rotatable bonds is 5. The maximum atomic E-state index is 11.9. The molecule has 1 aromatic rings. The van der Waals surface area contributed by atoms with Gasteiger partial charge in [0.1, 0.15) is 6.10 Å². The summed E-state index contributed by atoms with van der Waals surface area (Å²) in [5.41, 5.74) is 1.15. The molecule has 1 heterocycles. The molecule has 1 rings (SSSR count). The van der Waals surface area contributed by atoms with Crippen LogP contribution in [0.5, 0.6) is 0 Å². The molecule has 0 radical (unpaired) electrons. The first-order chi connectivity index (χ1) is 6.61. The molecule has 1 aromatic heterocycles. The maximum Gasteiger partial charge on any atom is 0.265 e. The summed E-state index contributed by atoms with van der Waals surface area (Å²) in [6, 6.07) is 1.98. The standard InChI is InChI=1S/C9H13F2NOS/c1-6-2-3-14-8(6)5-12-4-7(13)9(10)11/h2-3,7,9,12-13H,4-5H2,1H3. The van der Waals surface area contributed by atoms with E-state index in [-0.39, 0.29) is 6.54 Å². The number of nitrogens with one attached hydrogen (secondary N) is 1. The van der Waals surface area contributed by atoms with Gasteiger partial charge in [-0.25, -0.2) is 8.78 Å². The van der Waals surface area contributed by atoms with Crippen molar-refractivity contribution < 1.29 is 13.9 Å². The number of alkyl halides is 2. The van der Waals surface area contributed by atoms with Gasteiger partial charge in [-0.05, 0) is 23.9 Å². The Balaban J connectivity index is 2.25. The number of aliphatic hydroxyl groups is 1. The minimum Gasteiger partial charge on any atom is -0.386 e. The zero-order valence-corrected chi connectivity index (χ0v) is 8.65. The van der Waals surface area contributed by atoms with Crippen LogP contribution < -0.4 is 5.32 Å². The Morgan fingerprint density at radius 3 is 2.79 bits per heavy atom. The molecule has 0 aliphatic heterocycles. The number of thiophene rings is 1. The van der Waals surface area contributed by atoms with Crippen LogP contribution in [0.15, 0.2) is 11.4 Å². The molecule has 2 N–H and O–H groups in total. The van der Waals surface area contributed by atoms with E-state index in [1.54, 1.807) is 11.3 Å². The van der Waals surface area contributed by atoms with Gasteiger partial charge in [-0.2, -0.15) is 0 Å². The van der Waals surface area contributed by atoms with Crippen LogP contribution in [0, 0.1) is 6.92 Å². The zero-order chi connectivity index (χ0) is 10.6. The van der Waals surface area contributed by atoms with Crippen molar-refractivity contribution in [2.45, 2.75) is 26.0 Å². The Labute approximate surface area is 85.6 Å². The lowest BCUT2D eigenvalue weighted by molar-refractivity contribution is -0.00338. The van der Waals surface area contributed by atoms with Gasteiger partial charge in [0.05, 0.1) is 0 Å². The number of aliphatic hydroxyl groups excluding tert-OH is 1. The average molecular weight is 221 g/mol. The van der Waals surface area contributed by atoms with Crippen LogP contribution in [0.1, 0.15) is 10.4 Å². The summed E-state index contributed by atoms with van der Waals surface area (Å²) in [6.07, 6.45) is -4.25. The molecule has 0 fully saturated rings. The number of aryl methyl sites for hydroxylation is 1. The van der Waals surface area contributed by atoms with Crippen molar-refractivity contribution in [1.29, 1.82) is 0 Å². The van der Waals surface area contributed by atoms with Crippen molar-refractivity contribution in [2.24, 2.45) is 0 Å². The van der Waals surface area contributed by atoms with E-state index in [0.717, 1.165) is 10.4 Å². The largest absolute Gasteiger partial charge is 0.386 e. The van der Waals surface area contributed by atoms with E-state index in [9.17, 15) is 8.78 Å². The highest BCUT2D eigenvalue weighted by Gasteiger charge is 2.15. The Bertz CT molecular complexity index is 278. The minimum absolute atomic E-state index is 0.0744. The monoisotopic (exact) mass is 221 g/mol. The van der Waals surface area contributed by atoms with Crippen LogP contribution in [0.4, 0.5) is 8.78 Å². The lowest BCUT2D eigenvalue weighted by atomic mass is 10.3. The fourth-order valence-electron chi connectivity index (χ4n) is 1.01. The summed E-state index contributed by atoms with van der Waals surface area (Å²) in [5, 5.41) is 13.6. The first-order valence-corrected chi connectivity index (χ1v) is 5.19. The lowest BCUT2D eigenvalue weighted by Gasteiger charge is -2.10. The second-order valence-electron chi connectivity index (χ2n) is 3.06. The third kappa shape index (κ3) is 3.32. The van der Waals surface area contributed by atoms with Gasteiger partial charge in [0.15, 0.2) is 0 Å². The Hall–Kier alpha value is -0.520. The molecule has 0 saturated carbocycles. The summed E-state index contributed by atoms with van der Waals surface area (Å²) < 4.78 is 23.8. The molecule has 14 heavy (non-hydrogen) atoms. The Morgan fingerprint density at radius 1 is 1.57 bits per heavy atom. The van der Waals surface area contributed by atoms with Gasteiger partial charge < -0.3 is 10.4 Å². The van der Waals surface area contributed by atoms with Crippen LogP contribution in [0.25, 0.3) is 0 Å². The predicted molar refractivity (Wildman–Crippen MR) is 52.8 cm³/mol. The van der Waals surface area contributed by atoms with Gasteiger partial charge in [0.2, 0.25) is 0 Å². The van der Waals surface area contributed by atoms with Crippen LogP contribution in [-0.4, -0.2) is 24.2 Å². The van der Waals surface area contributed by atoms with Crippen LogP contribution in [-0.2, 0) is 6.54 Å². The van der Waals surface area contributed by atoms with Crippen LogP contribution in [0.3, 0.4) is 0 Å². The van der Waals surface area contributed by atoms with Crippen molar-refractivity contribution in [1.82, 2.24) is 5.32 Å². The molecule has 0 aromatic carbocycles. The molecule has 1 unspecified atom stereocenters. The van der Waals surface area contributed by atoms with E-state index in [2.05, 4.69) is 5.32 Å². The second kappa shape index (κ2) is 5.38. The summed E-state index contributed by atoms with van der Waals surface area (Å²) in [6.45, 7) is 2.43. The molecule has 0 amide bonds. The highest BCUT2D eigenvalue weighted by atomic mass is 32.1. The number of hydrogen-bond donors (Lipinski definition) is 2. The van der Waals surface area contributed by atoms with E-state index in [0.29, 0.717) is 6.54 Å². The van der Waals surface area contributed by atoms with Crippen LogP contribution in [0.2, 0.25) is 0 Å². The van der Waals surface area contributed by atoms with Gasteiger partial charge >= 0.3 is 0 Å². The van der Waals surface area contributed by atoms with Gasteiger partial charge in [-0.15, -0.1) is 11.3 Å².